The minimum atomic E-state index is -0.382. The van der Waals surface area contributed by atoms with Gasteiger partial charge in [0.15, 0.2) is 5.78 Å². The molecule has 1 aromatic carbocycles. The number of ketones is 1. The van der Waals surface area contributed by atoms with Crippen LogP contribution in [0.1, 0.15) is 33.3 Å². The highest BCUT2D eigenvalue weighted by Crippen LogP contribution is 2.36. The lowest BCUT2D eigenvalue weighted by Crippen LogP contribution is -2.41. The summed E-state index contributed by atoms with van der Waals surface area (Å²) in [6, 6.07) is 5.97. The van der Waals surface area contributed by atoms with E-state index in [0.29, 0.717) is 6.54 Å². The Kier molecular flexibility index (Phi) is 3.22. The highest BCUT2D eigenvalue weighted by Gasteiger charge is 2.51. The molecule has 1 N–H and O–H groups in total. The molecule has 0 aliphatic carbocycles. The molecule has 0 amide bonds. The van der Waals surface area contributed by atoms with Gasteiger partial charge in [-0.05, 0) is 56.9 Å². The van der Waals surface area contributed by atoms with Crippen LogP contribution in [0.2, 0.25) is 0 Å². The summed E-state index contributed by atoms with van der Waals surface area (Å²) in [5, 5.41) is 3.13. The van der Waals surface area contributed by atoms with Crippen LogP contribution in [-0.4, -0.2) is 30.6 Å². The van der Waals surface area contributed by atoms with Gasteiger partial charge in [-0.25, -0.2) is 0 Å². The van der Waals surface area contributed by atoms with Crippen molar-refractivity contribution in [2.75, 3.05) is 11.9 Å². The first-order valence-corrected chi connectivity index (χ1v) is 7.23. The van der Waals surface area contributed by atoms with Crippen LogP contribution >= 0.6 is 0 Å². The summed E-state index contributed by atoms with van der Waals surface area (Å²) in [4.78, 5) is 11.5. The average Bonchev–Trinajstić information content (AvgIpc) is 2.55. The SMILES string of the molecule is CC1(C)OB(c2ccc3c(c2)C=CC(=O)CN3)OC1(C)C. The monoisotopic (exact) mass is 285 g/mol. The molecule has 2 aliphatic heterocycles. The topological polar surface area (TPSA) is 47.6 Å². The normalized spacial score (nSPS) is 22.7. The van der Waals surface area contributed by atoms with Crippen LogP contribution in [-0.2, 0) is 14.1 Å². The van der Waals surface area contributed by atoms with Crippen molar-refractivity contribution in [1.82, 2.24) is 0 Å². The van der Waals surface area contributed by atoms with Gasteiger partial charge in [-0.2, -0.15) is 0 Å². The second-order valence-corrected chi connectivity index (χ2v) is 6.59. The first-order chi connectivity index (χ1) is 9.78. The maximum Gasteiger partial charge on any atom is 0.494 e. The van der Waals surface area contributed by atoms with Gasteiger partial charge in [0.05, 0.1) is 17.7 Å². The molecule has 1 fully saturated rings. The zero-order valence-corrected chi connectivity index (χ0v) is 12.9. The lowest BCUT2D eigenvalue weighted by molar-refractivity contribution is -0.113. The van der Waals surface area contributed by atoms with Crippen molar-refractivity contribution in [1.29, 1.82) is 0 Å². The van der Waals surface area contributed by atoms with Gasteiger partial charge in [0.2, 0.25) is 0 Å². The van der Waals surface area contributed by atoms with Gasteiger partial charge >= 0.3 is 7.12 Å². The van der Waals surface area contributed by atoms with Crippen molar-refractivity contribution in [3.8, 4) is 0 Å². The zero-order chi connectivity index (χ0) is 15.3. The van der Waals surface area contributed by atoms with E-state index in [9.17, 15) is 4.79 Å². The molecule has 4 nitrogen and oxygen atoms in total. The lowest BCUT2D eigenvalue weighted by Gasteiger charge is -2.32. The van der Waals surface area contributed by atoms with Crippen LogP contribution in [0.3, 0.4) is 0 Å². The third-order valence-electron chi connectivity index (χ3n) is 4.50. The number of fused-ring (bicyclic) bond motifs is 1. The summed E-state index contributed by atoms with van der Waals surface area (Å²) in [5.74, 6) is 0.0726. The molecule has 0 radical (unpaired) electrons. The Morgan fingerprint density at radius 1 is 1.10 bits per heavy atom. The van der Waals surface area contributed by atoms with Gasteiger partial charge in [0.1, 0.15) is 0 Å². The van der Waals surface area contributed by atoms with Gasteiger partial charge in [-0.15, -0.1) is 0 Å². The van der Waals surface area contributed by atoms with Crippen molar-refractivity contribution in [2.45, 2.75) is 38.9 Å². The Labute approximate surface area is 125 Å². The van der Waals surface area contributed by atoms with E-state index < -0.39 is 0 Å². The van der Waals surface area contributed by atoms with Crippen LogP contribution in [0.15, 0.2) is 24.3 Å². The summed E-state index contributed by atoms with van der Waals surface area (Å²) >= 11 is 0. The molecule has 1 aromatic rings. The second kappa shape index (κ2) is 4.72. The molecule has 0 atom stereocenters. The Morgan fingerprint density at radius 2 is 1.76 bits per heavy atom. The van der Waals surface area contributed by atoms with E-state index in [1.54, 1.807) is 6.08 Å². The fraction of sp³-hybridized carbons (Fsp3) is 0.438. The van der Waals surface area contributed by atoms with Gasteiger partial charge in [-0.1, -0.05) is 12.1 Å². The minimum absolute atomic E-state index is 0.0726. The smallest absolute Gasteiger partial charge is 0.399 e. The highest BCUT2D eigenvalue weighted by molar-refractivity contribution is 6.62. The number of carbonyl (C=O) groups is 1. The zero-order valence-electron chi connectivity index (χ0n) is 12.9. The van der Waals surface area contributed by atoms with Crippen LogP contribution in [0.5, 0.6) is 0 Å². The molecule has 0 saturated carbocycles. The van der Waals surface area contributed by atoms with Crippen LogP contribution in [0, 0.1) is 0 Å². The Hall–Kier alpha value is -1.59. The van der Waals surface area contributed by atoms with Crippen LogP contribution in [0.4, 0.5) is 5.69 Å². The van der Waals surface area contributed by atoms with E-state index in [2.05, 4.69) is 5.32 Å². The summed E-state index contributed by atoms with van der Waals surface area (Å²) in [5.41, 5.74) is 2.20. The summed E-state index contributed by atoms with van der Waals surface area (Å²) in [6.45, 7) is 8.49. The fourth-order valence-electron chi connectivity index (χ4n) is 2.43. The average molecular weight is 285 g/mol. The molecule has 0 unspecified atom stereocenters. The third-order valence-corrected chi connectivity index (χ3v) is 4.50. The maximum atomic E-state index is 11.5. The standard InChI is InChI=1S/C16H20BNO3/c1-15(2)16(3,4)21-17(20-15)12-6-8-14-11(9-12)5-7-13(19)10-18-14/h5-9,18H,10H2,1-4H3. The summed E-state index contributed by atoms with van der Waals surface area (Å²) in [6.07, 6.45) is 3.44. The molecular weight excluding hydrogens is 265 g/mol. The molecule has 2 heterocycles. The van der Waals surface area contributed by atoms with Crippen LogP contribution < -0.4 is 10.8 Å². The fourth-order valence-corrected chi connectivity index (χ4v) is 2.43. The van der Waals surface area contributed by atoms with Crippen molar-refractivity contribution in [3.63, 3.8) is 0 Å². The number of hydrogen-bond acceptors (Lipinski definition) is 4. The predicted molar refractivity (Wildman–Crippen MR) is 84.7 cm³/mol. The Morgan fingerprint density at radius 3 is 2.43 bits per heavy atom. The molecule has 1 saturated heterocycles. The second-order valence-electron chi connectivity index (χ2n) is 6.59. The Bertz CT molecular complexity index is 606. The first-order valence-electron chi connectivity index (χ1n) is 7.23. The quantitative estimate of drug-likeness (QED) is 0.802. The van der Waals surface area contributed by atoms with Crippen molar-refractivity contribution in [3.05, 3.63) is 29.8 Å². The molecule has 21 heavy (non-hydrogen) atoms. The van der Waals surface area contributed by atoms with Crippen molar-refractivity contribution in [2.24, 2.45) is 0 Å². The number of benzene rings is 1. The lowest BCUT2D eigenvalue weighted by atomic mass is 9.78. The maximum absolute atomic E-state index is 11.5. The Balaban J connectivity index is 1.92. The molecule has 110 valence electrons. The number of carbonyl (C=O) groups excluding carboxylic acids is 1. The molecule has 3 rings (SSSR count). The first kappa shape index (κ1) is 14.4. The van der Waals surface area contributed by atoms with Gasteiger partial charge < -0.3 is 14.6 Å². The number of nitrogens with one attached hydrogen (secondary N) is 1. The van der Waals surface area contributed by atoms with Gasteiger partial charge in [0, 0.05) is 5.69 Å². The molecule has 0 spiro atoms. The summed E-state index contributed by atoms with van der Waals surface area (Å²) in [7, 11) is -0.382. The molecular formula is C16H20BNO3. The molecule has 2 aliphatic rings. The predicted octanol–water partition coefficient (Wildman–Crippen LogP) is 1.99. The van der Waals surface area contributed by atoms with E-state index >= 15 is 0 Å². The molecule has 0 bridgehead atoms. The highest BCUT2D eigenvalue weighted by atomic mass is 16.7. The van der Waals surface area contributed by atoms with E-state index in [-0.39, 0.29) is 24.1 Å². The molecule has 5 heteroatoms. The van der Waals surface area contributed by atoms with E-state index in [0.717, 1.165) is 16.7 Å². The number of hydrogen-bond donors (Lipinski definition) is 1. The number of anilines is 1. The van der Waals surface area contributed by atoms with E-state index in [1.807, 2.05) is 52.0 Å². The van der Waals surface area contributed by atoms with Gasteiger partial charge in [-0.3, -0.25) is 4.79 Å². The van der Waals surface area contributed by atoms with Crippen molar-refractivity contribution >= 4 is 30.1 Å². The van der Waals surface area contributed by atoms with Gasteiger partial charge in [0.25, 0.3) is 0 Å². The van der Waals surface area contributed by atoms with Crippen LogP contribution in [0.25, 0.3) is 6.08 Å². The van der Waals surface area contributed by atoms with E-state index in [4.69, 9.17) is 9.31 Å². The van der Waals surface area contributed by atoms with Crippen molar-refractivity contribution < 1.29 is 14.1 Å². The largest absolute Gasteiger partial charge is 0.494 e. The minimum Gasteiger partial charge on any atom is -0.399 e. The molecule has 0 aromatic heterocycles. The summed E-state index contributed by atoms with van der Waals surface area (Å²) < 4.78 is 12.1. The number of rotatable bonds is 1. The van der Waals surface area contributed by atoms with E-state index in [1.165, 1.54) is 0 Å². The third kappa shape index (κ3) is 2.52.